The molecule has 1 aliphatic heterocycles. The standard InChI is InChI=1S/C17H22N2O2.ClH/c1-4-10-19-12-13(2)16(11-14(19)3)18-21-17(20)15-8-6-5-7-9-15;/h4-9,13-14H,1,10-12H2,2-3H3;1H/b18-16+;. The molecule has 4 nitrogen and oxygen atoms in total. The Bertz CT molecular complexity index is 531. The highest BCUT2D eigenvalue weighted by Gasteiger charge is 2.31. The number of halogens is 1. The second-order valence-corrected chi connectivity index (χ2v) is 5.69. The molecule has 0 bridgehead atoms. The molecule has 0 amide bonds. The highest BCUT2D eigenvalue weighted by molar-refractivity contribution is 5.91. The predicted molar refractivity (Wildman–Crippen MR) is 83.4 cm³/mol. The summed E-state index contributed by atoms with van der Waals surface area (Å²) in [7, 11) is 0. The first-order valence-electron chi connectivity index (χ1n) is 7.40. The lowest BCUT2D eigenvalue weighted by Gasteiger charge is -2.33. The molecular weight excluding hydrogens is 300 g/mol. The average molecular weight is 323 g/mol. The molecule has 0 saturated carbocycles. The molecule has 1 aromatic carbocycles. The predicted octanol–water partition coefficient (Wildman–Crippen LogP) is -1.30. The van der Waals surface area contributed by atoms with Crippen LogP contribution >= 0.6 is 0 Å². The first-order chi connectivity index (χ1) is 10.1. The molecule has 3 atom stereocenters. The molecule has 2 rings (SSSR count). The van der Waals surface area contributed by atoms with Gasteiger partial charge in [0.2, 0.25) is 0 Å². The smallest absolute Gasteiger partial charge is 0.365 e. The molecule has 22 heavy (non-hydrogen) atoms. The van der Waals surface area contributed by atoms with Gasteiger partial charge in [-0.15, -0.1) is 0 Å². The van der Waals surface area contributed by atoms with Crippen LogP contribution in [0.3, 0.4) is 0 Å². The Morgan fingerprint density at radius 3 is 2.73 bits per heavy atom. The fourth-order valence-electron chi connectivity index (χ4n) is 2.70. The van der Waals surface area contributed by atoms with E-state index < -0.39 is 5.97 Å². The van der Waals surface area contributed by atoms with E-state index in [0.717, 1.165) is 25.2 Å². The van der Waals surface area contributed by atoms with Gasteiger partial charge in [-0.1, -0.05) is 36.9 Å². The Labute approximate surface area is 138 Å². The summed E-state index contributed by atoms with van der Waals surface area (Å²) >= 11 is 0. The van der Waals surface area contributed by atoms with Crippen LogP contribution in [-0.4, -0.2) is 30.8 Å². The van der Waals surface area contributed by atoms with Crippen LogP contribution in [0.1, 0.15) is 30.6 Å². The number of nitrogens with one attached hydrogen (secondary N) is 1. The van der Waals surface area contributed by atoms with Crippen molar-refractivity contribution in [2.24, 2.45) is 11.1 Å². The van der Waals surface area contributed by atoms with Gasteiger partial charge >= 0.3 is 5.97 Å². The van der Waals surface area contributed by atoms with E-state index in [-0.39, 0.29) is 12.4 Å². The Morgan fingerprint density at radius 2 is 2.09 bits per heavy atom. The third kappa shape index (κ3) is 4.68. The van der Waals surface area contributed by atoms with Crippen molar-refractivity contribution in [2.75, 3.05) is 13.1 Å². The van der Waals surface area contributed by atoms with Gasteiger partial charge in [0, 0.05) is 12.3 Å². The number of hydrogen-bond donors (Lipinski definition) is 1. The van der Waals surface area contributed by atoms with Crippen molar-refractivity contribution in [1.29, 1.82) is 0 Å². The quantitative estimate of drug-likeness (QED) is 0.425. The summed E-state index contributed by atoms with van der Waals surface area (Å²) in [5.74, 6) is -0.0801. The minimum absolute atomic E-state index is 0. The summed E-state index contributed by atoms with van der Waals surface area (Å²) in [5, 5.41) is 4.11. The molecule has 0 radical (unpaired) electrons. The zero-order chi connectivity index (χ0) is 15.2. The number of oxime groups is 1. The number of piperidine rings is 1. The van der Waals surface area contributed by atoms with Crippen LogP contribution < -0.4 is 17.3 Å². The van der Waals surface area contributed by atoms with Crippen molar-refractivity contribution < 1.29 is 26.9 Å². The van der Waals surface area contributed by atoms with Crippen molar-refractivity contribution in [1.82, 2.24) is 0 Å². The summed E-state index contributed by atoms with van der Waals surface area (Å²) in [6, 6.07) is 9.41. The van der Waals surface area contributed by atoms with E-state index in [1.54, 1.807) is 12.1 Å². The molecule has 1 N–H and O–H groups in total. The van der Waals surface area contributed by atoms with Gasteiger partial charge in [-0.05, 0) is 25.1 Å². The molecule has 1 fully saturated rings. The topological polar surface area (TPSA) is 43.1 Å². The first kappa shape index (κ1) is 18.4. The third-order valence-electron chi connectivity index (χ3n) is 4.01. The molecule has 120 valence electrons. The van der Waals surface area contributed by atoms with Crippen LogP contribution in [0.25, 0.3) is 0 Å². The SMILES string of the molecule is C=CC[NH+]1CC(C)/C(=N/OC(=O)c2ccccc2)CC1C.[Cl-]. The van der Waals surface area contributed by atoms with E-state index in [2.05, 4.69) is 25.6 Å². The zero-order valence-electron chi connectivity index (χ0n) is 13.1. The minimum Gasteiger partial charge on any atom is -1.00 e. The maximum Gasteiger partial charge on any atom is 0.365 e. The average Bonchev–Trinajstić information content (AvgIpc) is 2.50. The van der Waals surface area contributed by atoms with E-state index in [4.69, 9.17) is 4.84 Å². The number of hydrogen-bond acceptors (Lipinski definition) is 3. The number of benzene rings is 1. The van der Waals surface area contributed by atoms with Crippen LogP contribution in [-0.2, 0) is 4.84 Å². The minimum atomic E-state index is -0.399. The van der Waals surface area contributed by atoms with Crippen molar-refractivity contribution >= 4 is 11.7 Å². The molecule has 5 heteroatoms. The maximum atomic E-state index is 11.9. The van der Waals surface area contributed by atoms with Crippen LogP contribution in [0.2, 0.25) is 0 Å². The second kappa shape index (κ2) is 8.71. The molecule has 1 aliphatic rings. The number of carbonyl (C=O) groups excluding carboxylic acids is 1. The lowest BCUT2D eigenvalue weighted by atomic mass is 9.93. The van der Waals surface area contributed by atoms with Gasteiger partial charge in [-0.25, -0.2) is 4.79 Å². The molecule has 3 unspecified atom stereocenters. The monoisotopic (exact) mass is 322 g/mol. The van der Waals surface area contributed by atoms with Crippen LogP contribution in [0.15, 0.2) is 48.1 Å². The summed E-state index contributed by atoms with van der Waals surface area (Å²) in [5.41, 5.74) is 1.50. The largest absolute Gasteiger partial charge is 1.00 e. The van der Waals surface area contributed by atoms with E-state index in [1.807, 2.05) is 24.3 Å². The van der Waals surface area contributed by atoms with Gasteiger partial charge in [0.15, 0.2) is 0 Å². The summed E-state index contributed by atoms with van der Waals surface area (Å²) < 4.78 is 0. The van der Waals surface area contributed by atoms with E-state index in [1.165, 1.54) is 4.90 Å². The van der Waals surface area contributed by atoms with Crippen molar-refractivity contribution in [3.05, 3.63) is 48.6 Å². The van der Waals surface area contributed by atoms with Gasteiger partial charge in [0.1, 0.15) is 0 Å². The van der Waals surface area contributed by atoms with E-state index in [9.17, 15) is 4.79 Å². The van der Waals surface area contributed by atoms with Crippen LogP contribution in [0.4, 0.5) is 0 Å². The second-order valence-electron chi connectivity index (χ2n) is 5.69. The van der Waals surface area contributed by atoms with Crippen molar-refractivity contribution in [3.8, 4) is 0 Å². The van der Waals surface area contributed by atoms with Gasteiger partial charge in [-0.2, -0.15) is 0 Å². The number of likely N-dealkylation sites (tertiary alicyclic amines) is 1. The summed E-state index contributed by atoms with van der Waals surface area (Å²) in [4.78, 5) is 18.5. The van der Waals surface area contributed by atoms with E-state index in [0.29, 0.717) is 17.5 Å². The van der Waals surface area contributed by atoms with Gasteiger partial charge in [-0.3, -0.25) is 0 Å². The summed E-state index contributed by atoms with van der Waals surface area (Å²) in [6.45, 7) is 10.1. The molecule has 1 heterocycles. The van der Waals surface area contributed by atoms with Gasteiger partial charge in [0.25, 0.3) is 0 Å². The summed E-state index contributed by atoms with van der Waals surface area (Å²) in [6.07, 6.45) is 2.81. The normalized spacial score (nSPS) is 26.1. The van der Waals surface area contributed by atoms with Crippen LogP contribution in [0.5, 0.6) is 0 Å². The van der Waals surface area contributed by atoms with Gasteiger partial charge in [0.05, 0.1) is 30.4 Å². The number of carbonyl (C=O) groups is 1. The van der Waals surface area contributed by atoms with Crippen LogP contribution in [0, 0.1) is 5.92 Å². The fraction of sp³-hybridized carbons (Fsp3) is 0.412. The molecule has 0 spiro atoms. The Kier molecular flexibility index (Phi) is 7.28. The fourth-order valence-corrected chi connectivity index (χ4v) is 2.70. The number of nitrogens with zero attached hydrogens (tertiary/aromatic N) is 1. The van der Waals surface area contributed by atoms with Gasteiger partial charge < -0.3 is 22.1 Å². The van der Waals surface area contributed by atoms with Crippen molar-refractivity contribution in [2.45, 2.75) is 26.3 Å². The number of quaternary nitrogens is 1. The lowest BCUT2D eigenvalue weighted by Crippen LogP contribution is -3.17. The van der Waals surface area contributed by atoms with Crippen molar-refractivity contribution in [3.63, 3.8) is 0 Å². The highest BCUT2D eigenvalue weighted by atomic mass is 35.5. The highest BCUT2D eigenvalue weighted by Crippen LogP contribution is 2.10. The number of rotatable bonds is 4. The van der Waals surface area contributed by atoms with E-state index >= 15 is 0 Å². The molecular formula is C17H23ClN2O2. The molecule has 0 aliphatic carbocycles. The Balaban J connectivity index is 0.00000242. The third-order valence-corrected chi connectivity index (χ3v) is 4.01. The zero-order valence-corrected chi connectivity index (χ0v) is 13.8. The molecule has 1 saturated heterocycles. The molecule has 0 aromatic heterocycles. The lowest BCUT2D eigenvalue weighted by molar-refractivity contribution is -0.921. The first-order valence-corrected chi connectivity index (χ1v) is 7.40. The Morgan fingerprint density at radius 1 is 1.41 bits per heavy atom. The Hall–Kier alpha value is -1.65. The molecule has 1 aromatic rings. The maximum absolute atomic E-state index is 11.9.